The van der Waals surface area contributed by atoms with Gasteiger partial charge in [0.1, 0.15) is 11.8 Å². The zero-order valence-electron chi connectivity index (χ0n) is 10.7. The molecule has 0 aliphatic rings. The monoisotopic (exact) mass is 234 g/mol. The average molecular weight is 234 g/mol. The number of rotatable bonds is 4. The number of nitrogens with zero attached hydrogens (tertiary/aromatic N) is 2. The van der Waals surface area contributed by atoms with Gasteiger partial charge in [0.25, 0.3) is 0 Å². The number of methoxy groups -OCH3 is 1. The van der Waals surface area contributed by atoms with Crippen molar-refractivity contribution in [1.29, 1.82) is 5.26 Å². The summed E-state index contributed by atoms with van der Waals surface area (Å²) in [7, 11) is 3.43. The summed E-state index contributed by atoms with van der Waals surface area (Å²) in [5.41, 5.74) is 0.511. The molecule has 0 heterocycles. The lowest BCUT2D eigenvalue weighted by Gasteiger charge is -2.28. The van der Waals surface area contributed by atoms with Crippen molar-refractivity contribution in [2.75, 3.05) is 25.6 Å². The molecule has 0 bridgehead atoms. The second kappa shape index (κ2) is 5.07. The highest BCUT2D eigenvalue weighted by molar-refractivity contribution is 5.61. The Labute approximate surface area is 102 Å². The standard InChI is InChI=1S/C13H18N2O2/c1-13(2,16)9-15(3)12-7-11(17-4)6-5-10(12)8-14/h5-7,16H,9H2,1-4H3. The van der Waals surface area contributed by atoms with Crippen molar-refractivity contribution in [3.63, 3.8) is 0 Å². The summed E-state index contributed by atoms with van der Waals surface area (Å²) in [4.78, 5) is 1.85. The zero-order valence-corrected chi connectivity index (χ0v) is 10.7. The Kier molecular flexibility index (Phi) is 3.97. The van der Waals surface area contributed by atoms with Gasteiger partial charge < -0.3 is 14.7 Å². The number of aliphatic hydroxyl groups is 1. The van der Waals surface area contributed by atoms with E-state index in [1.807, 2.05) is 11.9 Å². The van der Waals surface area contributed by atoms with E-state index >= 15 is 0 Å². The minimum Gasteiger partial charge on any atom is -0.497 e. The third kappa shape index (κ3) is 3.65. The van der Waals surface area contributed by atoms with Crippen LogP contribution in [-0.2, 0) is 0 Å². The fourth-order valence-electron chi connectivity index (χ4n) is 1.71. The highest BCUT2D eigenvalue weighted by atomic mass is 16.5. The first-order valence-electron chi connectivity index (χ1n) is 5.39. The molecule has 0 aromatic heterocycles. The Balaban J connectivity index is 3.06. The van der Waals surface area contributed by atoms with E-state index in [0.717, 1.165) is 5.69 Å². The minimum atomic E-state index is -0.815. The number of hydrogen-bond acceptors (Lipinski definition) is 4. The first-order valence-corrected chi connectivity index (χ1v) is 5.39. The molecule has 0 fully saturated rings. The Morgan fingerprint density at radius 1 is 1.47 bits per heavy atom. The van der Waals surface area contributed by atoms with E-state index in [2.05, 4.69) is 6.07 Å². The summed E-state index contributed by atoms with van der Waals surface area (Å²) >= 11 is 0. The van der Waals surface area contributed by atoms with Crippen LogP contribution in [0.4, 0.5) is 5.69 Å². The molecule has 0 atom stereocenters. The van der Waals surface area contributed by atoms with Gasteiger partial charge in [-0.1, -0.05) is 0 Å². The SMILES string of the molecule is COc1ccc(C#N)c(N(C)CC(C)(C)O)c1. The van der Waals surface area contributed by atoms with E-state index in [-0.39, 0.29) is 0 Å². The highest BCUT2D eigenvalue weighted by Crippen LogP contribution is 2.25. The van der Waals surface area contributed by atoms with Crippen molar-refractivity contribution in [3.8, 4) is 11.8 Å². The number of hydrogen-bond donors (Lipinski definition) is 1. The van der Waals surface area contributed by atoms with Crippen molar-refractivity contribution in [3.05, 3.63) is 23.8 Å². The fraction of sp³-hybridized carbons (Fsp3) is 0.462. The van der Waals surface area contributed by atoms with Crippen LogP contribution in [0, 0.1) is 11.3 Å². The van der Waals surface area contributed by atoms with Crippen molar-refractivity contribution < 1.29 is 9.84 Å². The summed E-state index contributed by atoms with van der Waals surface area (Å²) in [6.07, 6.45) is 0. The maximum atomic E-state index is 9.78. The summed E-state index contributed by atoms with van der Waals surface area (Å²) < 4.78 is 5.14. The maximum Gasteiger partial charge on any atom is 0.121 e. The van der Waals surface area contributed by atoms with Gasteiger partial charge in [0.05, 0.1) is 24.0 Å². The van der Waals surface area contributed by atoms with Crippen molar-refractivity contribution >= 4 is 5.69 Å². The quantitative estimate of drug-likeness (QED) is 0.862. The zero-order chi connectivity index (χ0) is 13.1. The van der Waals surface area contributed by atoms with Gasteiger partial charge in [0.15, 0.2) is 0 Å². The fourth-order valence-corrected chi connectivity index (χ4v) is 1.71. The van der Waals surface area contributed by atoms with Gasteiger partial charge >= 0.3 is 0 Å². The number of benzene rings is 1. The topological polar surface area (TPSA) is 56.5 Å². The summed E-state index contributed by atoms with van der Waals surface area (Å²) in [6.45, 7) is 3.90. The molecule has 1 aromatic carbocycles. The summed E-state index contributed by atoms with van der Waals surface area (Å²) in [5, 5.41) is 18.8. The summed E-state index contributed by atoms with van der Waals surface area (Å²) in [5.74, 6) is 0.696. The minimum absolute atomic E-state index is 0.439. The number of likely N-dealkylation sites (N-methyl/N-ethyl adjacent to an activating group) is 1. The molecular formula is C13H18N2O2. The Hall–Kier alpha value is -1.73. The second-order valence-corrected chi connectivity index (χ2v) is 4.66. The van der Waals surface area contributed by atoms with E-state index in [1.165, 1.54) is 0 Å². The molecule has 92 valence electrons. The number of nitriles is 1. The van der Waals surface area contributed by atoms with E-state index in [9.17, 15) is 5.11 Å². The molecule has 0 aliphatic heterocycles. The molecule has 0 aliphatic carbocycles. The van der Waals surface area contributed by atoms with Crippen LogP contribution in [-0.4, -0.2) is 31.4 Å². The molecule has 0 radical (unpaired) electrons. The lowest BCUT2D eigenvalue weighted by Crippen LogP contribution is -2.36. The molecule has 1 N–H and O–H groups in total. The van der Waals surface area contributed by atoms with Crippen LogP contribution in [0.2, 0.25) is 0 Å². The molecule has 4 heteroatoms. The van der Waals surface area contributed by atoms with Crippen molar-refractivity contribution in [2.45, 2.75) is 19.4 Å². The average Bonchev–Trinajstić information content (AvgIpc) is 2.25. The lowest BCUT2D eigenvalue weighted by atomic mass is 10.1. The predicted octanol–water partition coefficient (Wildman–Crippen LogP) is 1.77. The Morgan fingerprint density at radius 2 is 2.12 bits per heavy atom. The van der Waals surface area contributed by atoms with Crippen molar-refractivity contribution in [1.82, 2.24) is 0 Å². The van der Waals surface area contributed by atoms with Gasteiger partial charge in [-0.15, -0.1) is 0 Å². The van der Waals surface area contributed by atoms with Gasteiger partial charge in [-0.2, -0.15) is 5.26 Å². The Bertz CT molecular complexity index is 430. The molecule has 0 saturated heterocycles. The molecular weight excluding hydrogens is 216 g/mol. The van der Waals surface area contributed by atoms with Gasteiger partial charge in [0, 0.05) is 19.7 Å². The van der Waals surface area contributed by atoms with Crippen LogP contribution in [0.15, 0.2) is 18.2 Å². The van der Waals surface area contributed by atoms with Crippen LogP contribution >= 0.6 is 0 Å². The lowest BCUT2D eigenvalue weighted by molar-refractivity contribution is 0.0886. The van der Waals surface area contributed by atoms with Gasteiger partial charge in [-0.3, -0.25) is 0 Å². The molecule has 1 aromatic rings. The van der Waals surface area contributed by atoms with Gasteiger partial charge in [-0.25, -0.2) is 0 Å². The number of ether oxygens (including phenoxy) is 1. The van der Waals surface area contributed by atoms with Crippen LogP contribution in [0.1, 0.15) is 19.4 Å². The predicted molar refractivity (Wildman–Crippen MR) is 67.3 cm³/mol. The van der Waals surface area contributed by atoms with Crippen LogP contribution in [0.5, 0.6) is 5.75 Å². The van der Waals surface area contributed by atoms with Crippen LogP contribution in [0.25, 0.3) is 0 Å². The summed E-state index contributed by atoms with van der Waals surface area (Å²) in [6, 6.07) is 7.40. The van der Waals surface area contributed by atoms with Crippen LogP contribution < -0.4 is 9.64 Å². The number of anilines is 1. The second-order valence-electron chi connectivity index (χ2n) is 4.66. The molecule has 0 saturated carbocycles. The first-order chi connectivity index (χ1) is 7.87. The maximum absolute atomic E-state index is 9.78. The van der Waals surface area contributed by atoms with E-state index in [4.69, 9.17) is 10.00 Å². The molecule has 1 rings (SSSR count). The van der Waals surface area contributed by atoms with E-state index < -0.39 is 5.60 Å². The molecule has 4 nitrogen and oxygen atoms in total. The van der Waals surface area contributed by atoms with Gasteiger partial charge in [0.2, 0.25) is 0 Å². The van der Waals surface area contributed by atoms with Crippen molar-refractivity contribution in [2.24, 2.45) is 0 Å². The van der Waals surface area contributed by atoms with Gasteiger partial charge in [-0.05, 0) is 26.0 Å². The largest absolute Gasteiger partial charge is 0.497 e. The molecule has 0 spiro atoms. The third-order valence-corrected chi connectivity index (χ3v) is 2.36. The van der Waals surface area contributed by atoms with E-state index in [0.29, 0.717) is 17.9 Å². The first kappa shape index (κ1) is 13.3. The highest BCUT2D eigenvalue weighted by Gasteiger charge is 2.18. The Morgan fingerprint density at radius 3 is 2.59 bits per heavy atom. The molecule has 0 amide bonds. The third-order valence-electron chi connectivity index (χ3n) is 2.36. The molecule has 17 heavy (non-hydrogen) atoms. The molecule has 0 unspecified atom stereocenters. The van der Waals surface area contributed by atoms with Crippen LogP contribution in [0.3, 0.4) is 0 Å². The normalized spacial score (nSPS) is 10.8. The smallest absolute Gasteiger partial charge is 0.121 e. The van der Waals surface area contributed by atoms with E-state index in [1.54, 1.807) is 39.2 Å².